The van der Waals surface area contributed by atoms with Crippen LogP contribution in [-0.4, -0.2) is 19.4 Å². The van der Waals surface area contributed by atoms with Crippen LogP contribution in [-0.2, 0) is 14.6 Å². The highest BCUT2D eigenvalue weighted by Gasteiger charge is 1.99. The van der Waals surface area contributed by atoms with Gasteiger partial charge in [-0.15, -0.1) is 0 Å². The second-order valence-corrected chi connectivity index (χ2v) is 4.48. The number of carbonyl (C=O) groups excluding carboxylic acids is 1. The first-order valence-electron chi connectivity index (χ1n) is 3.05. The van der Waals surface area contributed by atoms with Crippen LogP contribution in [0.2, 0.25) is 0 Å². The maximum absolute atomic E-state index is 10.7. The van der Waals surface area contributed by atoms with Gasteiger partial charge < -0.3 is 0 Å². The summed E-state index contributed by atoms with van der Waals surface area (Å²) in [5, 5.41) is 0.445. The molecular weight excluding hydrogens is 188 g/mol. The zero-order valence-corrected chi connectivity index (χ0v) is 7.65. The van der Waals surface area contributed by atoms with Crippen molar-refractivity contribution >= 4 is 26.7 Å². The second-order valence-electron chi connectivity index (χ2n) is 1.88. The molecule has 0 amide bonds. The lowest BCUT2D eigenvalue weighted by atomic mass is 10.5. The van der Waals surface area contributed by atoms with E-state index in [1.165, 1.54) is 13.0 Å². The molecule has 11 heavy (non-hydrogen) atoms. The van der Waals surface area contributed by atoms with Crippen LogP contribution in [0.5, 0.6) is 0 Å². The molecule has 0 saturated heterocycles. The first-order valence-corrected chi connectivity index (χ1v) is 5.15. The second kappa shape index (κ2) is 4.51. The molecule has 0 N–H and O–H groups in total. The van der Waals surface area contributed by atoms with Gasteiger partial charge in [0.05, 0.1) is 5.75 Å². The van der Waals surface area contributed by atoms with Gasteiger partial charge >= 0.3 is 0 Å². The van der Waals surface area contributed by atoms with Crippen LogP contribution in [0.3, 0.4) is 0 Å². The molecule has 0 rings (SSSR count). The van der Waals surface area contributed by atoms with Crippen molar-refractivity contribution in [3.05, 3.63) is 11.5 Å². The molecule has 0 spiro atoms. The van der Waals surface area contributed by atoms with Gasteiger partial charge in [0.15, 0.2) is 9.84 Å². The number of hydrogen-bond donors (Lipinski definition) is 0. The van der Waals surface area contributed by atoms with E-state index in [9.17, 15) is 13.2 Å². The van der Waals surface area contributed by atoms with Gasteiger partial charge in [-0.3, -0.25) is 4.79 Å². The molecule has 0 aromatic rings. The van der Waals surface area contributed by atoms with Crippen molar-refractivity contribution in [2.45, 2.75) is 13.3 Å². The summed E-state index contributed by atoms with van der Waals surface area (Å²) >= 11 is 4.96. The molecule has 5 heteroatoms. The summed E-state index contributed by atoms with van der Waals surface area (Å²) in [5.41, 5.74) is 0. The zero-order valence-electron chi connectivity index (χ0n) is 6.08. The lowest BCUT2D eigenvalue weighted by Gasteiger charge is -1.88. The summed E-state index contributed by atoms with van der Waals surface area (Å²) in [6.07, 6.45) is 1.20. The van der Waals surface area contributed by atoms with Crippen molar-refractivity contribution in [3.8, 4) is 0 Å². The number of rotatable bonds is 4. The van der Waals surface area contributed by atoms with Crippen molar-refractivity contribution in [2.24, 2.45) is 0 Å². The molecule has 0 aromatic carbocycles. The van der Waals surface area contributed by atoms with Crippen LogP contribution in [0.4, 0.5) is 0 Å². The highest BCUT2D eigenvalue weighted by Crippen LogP contribution is 1.95. The Kier molecular flexibility index (Phi) is 4.37. The van der Waals surface area contributed by atoms with Gasteiger partial charge in [0, 0.05) is 11.8 Å². The average molecular weight is 197 g/mol. The Morgan fingerprint density at radius 3 is 2.45 bits per heavy atom. The van der Waals surface area contributed by atoms with Crippen molar-refractivity contribution in [2.75, 3.05) is 5.75 Å². The molecule has 0 radical (unpaired) electrons. The maximum Gasteiger partial charge on any atom is 0.225 e. The minimum absolute atomic E-state index is 0.0409. The van der Waals surface area contributed by atoms with Crippen LogP contribution in [0.15, 0.2) is 11.5 Å². The molecular formula is C6H9ClO3S. The minimum Gasteiger partial charge on any atom is -0.281 e. The topological polar surface area (TPSA) is 51.2 Å². The number of carbonyl (C=O) groups is 1. The van der Waals surface area contributed by atoms with Crippen LogP contribution in [0, 0.1) is 0 Å². The van der Waals surface area contributed by atoms with E-state index in [4.69, 9.17) is 11.6 Å². The molecule has 0 aromatic heterocycles. The van der Waals surface area contributed by atoms with Gasteiger partial charge in [-0.05, 0) is 11.6 Å². The lowest BCUT2D eigenvalue weighted by molar-refractivity contribution is -0.110. The first kappa shape index (κ1) is 10.7. The average Bonchev–Trinajstić information content (AvgIpc) is 1.87. The third-order valence-corrected chi connectivity index (χ3v) is 2.55. The quantitative estimate of drug-likeness (QED) is 0.633. The molecule has 0 heterocycles. The van der Waals surface area contributed by atoms with Crippen LogP contribution >= 0.6 is 11.6 Å². The molecule has 0 unspecified atom stereocenters. The Balaban J connectivity index is 4.04. The Morgan fingerprint density at radius 1 is 1.55 bits per heavy atom. The van der Waals surface area contributed by atoms with E-state index >= 15 is 0 Å². The molecule has 0 aliphatic carbocycles. The Morgan fingerprint density at radius 2 is 2.09 bits per heavy atom. The van der Waals surface area contributed by atoms with Gasteiger partial charge in [-0.1, -0.05) is 13.0 Å². The van der Waals surface area contributed by atoms with Gasteiger partial charge in [-0.25, -0.2) is 8.42 Å². The predicted molar refractivity (Wildman–Crippen MR) is 44.1 cm³/mol. The number of halogens is 1. The Bertz CT molecular complexity index is 253. The van der Waals surface area contributed by atoms with E-state index in [0.29, 0.717) is 0 Å². The molecule has 0 bridgehead atoms. The van der Waals surface area contributed by atoms with Gasteiger partial charge in [0.25, 0.3) is 0 Å². The normalized spacial score (nSPS) is 12.2. The van der Waals surface area contributed by atoms with E-state index in [1.807, 2.05) is 0 Å². The largest absolute Gasteiger partial charge is 0.281 e. The molecule has 0 atom stereocenters. The summed E-state index contributed by atoms with van der Waals surface area (Å²) in [6.45, 7) is 1.53. The predicted octanol–water partition coefficient (Wildman–Crippen LogP) is 1.09. The summed E-state index contributed by atoms with van der Waals surface area (Å²) in [5.74, 6) is 0.0416. The number of hydrogen-bond acceptors (Lipinski definition) is 3. The molecule has 0 fully saturated rings. The van der Waals surface area contributed by atoms with E-state index < -0.39 is 15.1 Å². The van der Waals surface area contributed by atoms with Crippen molar-refractivity contribution < 1.29 is 13.2 Å². The van der Waals surface area contributed by atoms with E-state index in [1.54, 1.807) is 0 Å². The third kappa shape index (κ3) is 6.06. The number of sulfone groups is 1. The SMILES string of the molecule is CCS(=O)(=O)C=CCC(=O)Cl. The third-order valence-electron chi connectivity index (χ3n) is 0.984. The van der Waals surface area contributed by atoms with Gasteiger partial charge in [0.1, 0.15) is 0 Å². The Hall–Kier alpha value is -0.350. The summed E-state index contributed by atoms with van der Waals surface area (Å²) < 4.78 is 21.5. The van der Waals surface area contributed by atoms with Crippen LogP contribution < -0.4 is 0 Å². The Labute approximate surface area is 71.0 Å². The molecule has 64 valence electrons. The zero-order chi connectivity index (χ0) is 8.91. The van der Waals surface area contributed by atoms with E-state index in [2.05, 4.69) is 0 Å². The van der Waals surface area contributed by atoms with E-state index in [0.717, 1.165) is 5.41 Å². The number of allylic oxidation sites excluding steroid dienone is 1. The lowest BCUT2D eigenvalue weighted by Crippen LogP contribution is -1.97. The van der Waals surface area contributed by atoms with Crippen molar-refractivity contribution in [1.29, 1.82) is 0 Å². The summed E-state index contributed by atoms with van der Waals surface area (Å²) in [7, 11) is -3.11. The fourth-order valence-corrected chi connectivity index (χ4v) is 1.05. The van der Waals surface area contributed by atoms with Crippen LogP contribution in [0.25, 0.3) is 0 Å². The fraction of sp³-hybridized carbons (Fsp3) is 0.500. The summed E-state index contributed by atoms with van der Waals surface area (Å²) in [6, 6.07) is 0. The monoisotopic (exact) mass is 196 g/mol. The van der Waals surface area contributed by atoms with Gasteiger partial charge in [-0.2, -0.15) is 0 Å². The van der Waals surface area contributed by atoms with E-state index in [-0.39, 0.29) is 12.2 Å². The fourth-order valence-electron chi connectivity index (χ4n) is 0.384. The maximum atomic E-state index is 10.7. The standard InChI is InChI=1S/C6H9ClO3S/c1-2-11(9,10)5-3-4-6(7)8/h3,5H,2,4H2,1H3. The van der Waals surface area contributed by atoms with Gasteiger partial charge in [0.2, 0.25) is 5.24 Å². The highest BCUT2D eigenvalue weighted by atomic mass is 35.5. The minimum atomic E-state index is -3.11. The van der Waals surface area contributed by atoms with Crippen molar-refractivity contribution in [3.63, 3.8) is 0 Å². The highest BCUT2D eigenvalue weighted by molar-refractivity contribution is 7.94. The smallest absolute Gasteiger partial charge is 0.225 e. The molecule has 0 saturated carbocycles. The molecule has 0 aliphatic heterocycles. The molecule has 0 aliphatic rings. The first-order chi connectivity index (χ1) is 4.98. The van der Waals surface area contributed by atoms with Crippen molar-refractivity contribution in [1.82, 2.24) is 0 Å². The molecule has 3 nitrogen and oxygen atoms in total. The summed E-state index contributed by atoms with van der Waals surface area (Å²) in [4.78, 5) is 10.1. The van der Waals surface area contributed by atoms with Crippen LogP contribution in [0.1, 0.15) is 13.3 Å².